The second kappa shape index (κ2) is 17.6. The van der Waals surface area contributed by atoms with Gasteiger partial charge in [0.25, 0.3) is 0 Å². The normalized spacial score (nSPS) is 13.5. The molecule has 5 heteroatoms. The second-order valence-electron chi connectivity index (χ2n) is 15.9. The number of thiophene rings is 1. The van der Waals surface area contributed by atoms with Crippen LogP contribution in [-0.4, -0.2) is 18.0 Å². The average molecular weight is 907 g/mol. The zero-order valence-electron chi connectivity index (χ0n) is 31.7. The molecule has 2 nitrogen and oxygen atoms in total. The van der Waals surface area contributed by atoms with Crippen LogP contribution in [-0.2, 0) is 32.9 Å². The van der Waals surface area contributed by atoms with Gasteiger partial charge < -0.3 is 9.97 Å². The Bertz CT molecular complexity index is 2250. The van der Waals surface area contributed by atoms with Crippen molar-refractivity contribution in [3.8, 4) is 33.6 Å². The van der Waals surface area contributed by atoms with Gasteiger partial charge in [-0.1, -0.05) is 137 Å². The molecule has 8 rings (SSSR count). The van der Waals surface area contributed by atoms with E-state index < -0.39 is 8.07 Å². The maximum atomic E-state index is 4.76. The standard InChI is InChI=1S/C30H26NS.C18H24NSi.Ir/c1-3-8-21(9-4-1)18-22-16-17-31-28(19-22)27-13-7-12-26-25-15-14-24(20-29(25)32-30(26)27)23-10-5-2-6-11-23;1-14(2)11-16-12-17(15-9-7-6-8-10-15)19-13-18(16)20(3,4)5;/h2,5-7,10-12,14-17,19-21H,1,3-4,8-9,18H2;6-9,12-14H,11H2,1-5H3;/q2*-1;. The summed E-state index contributed by atoms with van der Waals surface area (Å²) in [5, 5.41) is 4.11. The van der Waals surface area contributed by atoms with E-state index in [1.54, 1.807) is 0 Å². The number of benzene rings is 4. The summed E-state index contributed by atoms with van der Waals surface area (Å²) in [6, 6.07) is 43.4. The van der Waals surface area contributed by atoms with Crippen molar-refractivity contribution in [2.45, 2.75) is 78.4 Å². The van der Waals surface area contributed by atoms with Gasteiger partial charge in [-0.15, -0.1) is 59.7 Å². The van der Waals surface area contributed by atoms with Crippen LogP contribution in [0.2, 0.25) is 19.6 Å². The Morgan fingerprint density at radius 1 is 0.755 bits per heavy atom. The molecule has 7 aromatic rings. The summed E-state index contributed by atoms with van der Waals surface area (Å²) in [7, 11) is -1.34. The number of hydrogen-bond donors (Lipinski definition) is 0. The maximum Gasteiger partial charge on any atom is 0.0798 e. The van der Waals surface area contributed by atoms with Crippen molar-refractivity contribution in [3.63, 3.8) is 0 Å². The van der Waals surface area contributed by atoms with Crippen LogP contribution >= 0.6 is 11.3 Å². The topological polar surface area (TPSA) is 25.8 Å². The molecule has 1 aliphatic rings. The van der Waals surface area contributed by atoms with Gasteiger partial charge >= 0.3 is 0 Å². The summed E-state index contributed by atoms with van der Waals surface area (Å²) in [6.07, 6.45) is 13.3. The smallest absolute Gasteiger partial charge is 0.0798 e. The van der Waals surface area contributed by atoms with Crippen molar-refractivity contribution >= 4 is 44.8 Å². The molecule has 3 heterocycles. The zero-order chi connectivity index (χ0) is 36.1. The molecule has 1 radical (unpaired) electrons. The Balaban J connectivity index is 0.000000199. The Hall–Kier alpha value is -3.73. The summed E-state index contributed by atoms with van der Waals surface area (Å²) in [5.74, 6) is 1.50. The van der Waals surface area contributed by atoms with E-state index in [4.69, 9.17) is 4.98 Å². The Labute approximate surface area is 335 Å². The van der Waals surface area contributed by atoms with Gasteiger partial charge in [-0.05, 0) is 74.6 Å². The van der Waals surface area contributed by atoms with E-state index >= 15 is 0 Å². The van der Waals surface area contributed by atoms with E-state index in [2.05, 4.69) is 142 Å². The first kappa shape index (κ1) is 39.0. The van der Waals surface area contributed by atoms with E-state index in [-0.39, 0.29) is 20.1 Å². The van der Waals surface area contributed by atoms with E-state index in [1.807, 2.05) is 35.7 Å². The monoisotopic (exact) mass is 907 g/mol. The number of aromatic nitrogens is 2. The summed E-state index contributed by atoms with van der Waals surface area (Å²) in [6.45, 7) is 11.7. The molecule has 4 aromatic carbocycles. The molecular formula is C48H50IrN2SSi-2. The average Bonchev–Trinajstić information content (AvgIpc) is 3.54. The van der Waals surface area contributed by atoms with Crippen molar-refractivity contribution in [1.82, 2.24) is 9.97 Å². The molecule has 1 fully saturated rings. The van der Waals surface area contributed by atoms with Gasteiger partial charge in [-0.25, -0.2) is 0 Å². The van der Waals surface area contributed by atoms with Crippen molar-refractivity contribution in [1.29, 1.82) is 0 Å². The number of rotatable bonds is 8. The molecule has 0 aliphatic heterocycles. The third-order valence-electron chi connectivity index (χ3n) is 10.3. The molecule has 3 aromatic heterocycles. The van der Waals surface area contributed by atoms with Crippen LogP contribution in [0, 0.1) is 24.0 Å². The minimum atomic E-state index is -1.34. The van der Waals surface area contributed by atoms with Crippen LogP contribution in [0.25, 0.3) is 53.8 Å². The number of nitrogens with zero attached hydrogens (tertiary/aromatic N) is 2. The molecule has 0 saturated heterocycles. The van der Waals surface area contributed by atoms with Gasteiger partial charge in [0.05, 0.1) is 8.07 Å². The molecule has 1 saturated carbocycles. The van der Waals surface area contributed by atoms with Crippen LogP contribution in [0.5, 0.6) is 0 Å². The third kappa shape index (κ3) is 9.50. The molecule has 1 aliphatic carbocycles. The predicted molar refractivity (Wildman–Crippen MR) is 227 cm³/mol. The third-order valence-corrected chi connectivity index (χ3v) is 13.5. The van der Waals surface area contributed by atoms with Gasteiger partial charge in [-0.2, -0.15) is 11.3 Å². The Morgan fingerprint density at radius 2 is 1.55 bits per heavy atom. The Morgan fingerprint density at radius 3 is 2.28 bits per heavy atom. The van der Waals surface area contributed by atoms with E-state index in [0.29, 0.717) is 5.92 Å². The minimum Gasteiger partial charge on any atom is -0.305 e. The molecule has 0 unspecified atom stereocenters. The minimum absolute atomic E-state index is 0. The van der Waals surface area contributed by atoms with Crippen LogP contribution in [0.4, 0.5) is 0 Å². The fraction of sp³-hybridized carbons (Fsp3) is 0.292. The van der Waals surface area contributed by atoms with Crippen molar-refractivity contribution in [2.75, 3.05) is 0 Å². The first-order chi connectivity index (χ1) is 25.2. The van der Waals surface area contributed by atoms with E-state index in [9.17, 15) is 0 Å². The first-order valence-electron chi connectivity index (χ1n) is 19.1. The van der Waals surface area contributed by atoms with Gasteiger partial charge in [-0.3, -0.25) is 0 Å². The van der Waals surface area contributed by atoms with Crippen molar-refractivity contribution in [2.24, 2.45) is 11.8 Å². The van der Waals surface area contributed by atoms with Crippen LogP contribution in [0.3, 0.4) is 0 Å². The van der Waals surface area contributed by atoms with Gasteiger partial charge in [0.1, 0.15) is 0 Å². The van der Waals surface area contributed by atoms with Crippen molar-refractivity contribution < 1.29 is 20.1 Å². The van der Waals surface area contributed by atoms with Crippen molar-refractivity contribution in [3.05, 3.63) is 139 Å². The summed E-state index contributed by atoms with van der Waals surface area (Å²) in [5.41, 5.74) is 9.73. The Kier molecular flexibility index (Phi) is 12.9. The van der Waals surface area contributed by atoms with E-state index in [0.717, 1.165) is 34.9 Å². The molecular weight excluding hydrogens is 857 g/mol. The van der Waals surface area contributed by atoms with Crippen LogP contribution < -0.4 is 5.19 Å². The largest absolute Gasteiger partial charge is 0.305 e. The van der Waals surface area contributed by atoms with Gasteiger partial charge in [0.2, 0.25) is 0 Å². The SMILES string of the molecule is CC(C)Cc1cc(-c2[c-]cccc2)ncc1[Si](C)(C)C.[Ir].[c-]1ccc2c(sc3cc(-c4ccccc4)ccc32)c1-c1cc(CC2CCCCC2)ccn1. The predicted octanol–water partition coefficient (Wildman–Crippen LogP) is 13.0. The molecule has 0 spiro atoms. The molecule has 0 bridgehead atoms. The second-order valence-corrected chi connectivity index (χ2v) is 22.0. The summed E-state index contributed by atoms with van der Waals surface area (Å²) >= 11 is 1.86. The molecule has 0 amide bonds. The number of hydrogen-bond acceptors (Lipinski definition) is 3. The maximum absolute atomic E-state index is 4.76. The summed E-state index contributed by atoms with van der Waals surface area (Å²) in [4.78, 5) is 9.45. The zero-order valence-corrected chi connectivity index (χ0v) is 35.9. The fourth-order valence-corrected chi connectivity index (χ4v) is 10.5. The van der Waals surface area contributed by atoms with Gasteiger partial charge in [0.15, 0.2) is 0 Å². The van der Waals surface area contributed by atoms with E-state index in [1.165, 1.54) is 86.1 Å². The molecule has 273 valence electrons. The fourth-order valence-electron chi connectivity index (χ4n) is 7.69. The quantitative estimate of drug-likeness (QED) is 0.112. The summed E-state index contributed by atoms with van der Waals surface area (Å²) < 4.78 is 2.61. The van der Waals surface area contributed by atoms with Crippen LogP contribution in [0.15, 0.2) is 116 Å². The number of pyridine rings is 2. The molecule has 53 heavy (non-hydrogen) atoms. The van der Waals surface area contributed by atoms with Gasteiger partial charge in [0, 0.05) is 37.2 Å². The molecule has 0 atom stereocenters. The first-order valence-corrected chi connectivity index (χ1v) is 23.4. The van der Waals surface area contributed by atoms with Crippen LogP contribution in [0.1, 0.15) is 57.1 Å². The number of fused-ring (bicyclic) bond motifs is 3. The molecule has 0 N–H and O–H groups in total.